The Morgan fingerprint density at radius 1 is 1.35 bits per heavy atom. The molecule has 0 fully saturated rings. The molecule has 6 heteroatoms. The van der Waals surface area contributed by atoms with Gasteiger partial charge < -0.3 is 5.73 Å². The van der Waals surface area contributed by atoms with E-state index in [0.717, 1.165) is 11.2 Å². The first-order chi connectivity index (χ1) is 7.84. The maximum absolute atomic E-state index is 11.2. The fraction of sp³-hybridized carbons (Fsp3) is 0.364. The Morgan fingerprint density at radius 2 is 1.88 bits per heavy atom. The van der Waals surface area contributed by atoms with E-state index in [1.54, 1.807) is 12.1 Å². The molecular weight excluding hydrogens is 258 g/mol. The van der Waals surface area contributed by atoms with Crippen LogP contribution >= 0.6 is 11.8 Å². The maximum atomic E-state index is 11.2. The van der Waals surface area contributed by atoms with E-state index in [2.05, 4.69) is 0 Å². The molecule has 0 aromatic heterocycles. The largest absolute Gasteiger partial charge is 0.369 e. The number of carbonyl (C=O) groups excluding carboxylic acids is 1. The normalized spacial score (nSPS) is 13.3. The summed E-state index contributed by atoms with van der Waals surface area (Å²) in [6.45, 7) is 1.88. The SMILES string of the molecule is CCC(Sc1ccc(S(C)(=O)=O)cc1)C(N)=O. The lowest BCUT2D eigenvalue weighted by atomic mass is 10.3. The first kappa shape index (κ1) is 14.1. The van der Waals surface area contributed by atoms with Gasteiger partial charge in [-0.3, -0.25) is 4.79 Å². The van der Waals surface area contributed by atoms with Crippen LogP contribution < -0.4 is 5.73 Å². The third-order valence-electron chi connectivity index (χ3n) is 2.22. The van der Waals surface area contributed by atoms with Crippen molar-refractivity contribution in [3.05, 3.63) is 24.3 Å². The second kappa shape index (κ2) is 5.55. The highest BCUT2D eigenvalue weighted by Gasteiger charge is 2.14. The second-order valence-electron chi connectivity index (χ2n) is 3.66. The minimum atomic E-state index is -3.17. The van der Waals surface area contributed by atoms with Crippen molar-refractivity contribution in [1.29, 1.82) is 0 Å². The number of sulfone groups is 1. The fourth-order valence-corrected chi connectivity index (χ4v) is 2.81. The van der Waals surface area contributed by atoms with E-state index < -0.39 is 9.84 Å². The van der Waals surface area contributed by atoms with Gasteiger partial charge in [-0.05, 0) is 30.7 Å². The number of hydrogen-bond acceptors (Lipinski definition) is 4. The molecule has 1 unspecified atom stereocenters. The number of thioether (sulfide) groups is 1. The lowest BCUT2D eigenvalue weighted by molar-refractivity contribution is -0.117. The molecule has 94 valence electrons. The predicted molar refractivity (Wildman–Crippen MR) is 68.7 cm³/mol. The minimum absolute atomic E-state index is 0.272. The standard InChI is InChI=1S/C11H15NO3S2/c1-3-10(11(12)13)16-8-4-6-9(7-5-8)17(2,14)15/h4-7,10H,3H2,1-2H3,(H2,12,13). The molecule has 1 aromatic rings. The molecule has 0 aliphatic carbocycles. The number of amides is 1. The third-order valence-corrected chi connectivity index (χ3v) is 4.74. The van der Waals surface area contributed by atoms with Gasteiger partial charge in [0.15, 0.2) is 9.84 Å². The van der Waals surface area contributed by atoms with Crippen LogP contribution in [0, 0.1) is 0 Å². The summed E-state index contributed by atoms with van der Waals surface area (Å²) in [6.07, 6.45) is 1.81. The van der Waals surface area contributed by atoms with E-state index >= 15 is 0 Å². The highest BCUT2D eigenvalue weighted by Crippen LogP contribution is 2.26. The molecule has 0 radical (unpaired) electrons. The zero-order valence-corrected chi connectivity index (χ0v) is 11.3. The van der Waals surface area contributed by atoms with Crippen LogP contribution in [0.5, 0.6) is 0 Å². The van der Waals surface area contributed by atoms with Crippen molar-refractivity contribution in [1.82, 2.24) is 0 Å². The molecular formula is C11H15NO3S2. The highest BCUT2D eigenvalue weighted by molar-refractivity contribution is 8.00. The Morgan fingerprint density at radius 3 is 2.24 bits per heavy atom. The van der Waals surface area contributed by atoms with E-state index in [1.165, 1.54) is 23.9 Å². The molecule has 0 aliphatic rings. The zero-order valence-electron chi connectivity index (χ0n) is 9.71. The highest BCUT2D eigenvalue weighted by atomic mass is 32.2. The molecule has 0 aliphatic heterocycles. The molecule has 0 bridgehead atoms. The Bertz CT molecular complexity index is 494. The number of benzene rings is 1. The van der Waals surface area contributed by atoms with Crippen LogP contribution in [0.4, 0.5) is 0 Å². The molecule has 0 spiro atoms. The smallest absolute Gasteiger partial charge is 0.230 e. The summed E-state index contributed by atoms with van der Waals surface area (Å²) in [5.74, 6) is -0.357. The van der Waals surface area contributed by atoms with Gasteiger partial charge in [0.1, 0.15) is 0 Å². The maximum Gasteiger partial charge on any atom is 0.230 e. The van der Waals surface area contributed by atoms with Crippen LogP contribution in [0.3, 0.4) is 0 Å². The average molecular weight is 273 g/mol. The zero-order chi connectivity index (χ0) is 13.1. The van der Waals surface area contributed by atoms with Gasteiger partial charge >= 0.3 is 0 Å². The van der Waals surface area contributed by atoms with E-state index in [9.17, 15) is 13.2 Å². The van der Waals surface area contributed by atoms with E-state index in [0.29, 0.717) is 6.42 Å². The summed E-state index contributed by atoms with van der Waals surface area (Å²) in [7, 11) is -3.17. The summed E-state index contributed by atoms with van der Waals surface area (Å²) in [5.41, 5.74) is 5.24. The fourth-order valence-electron chi connectivity index (χ4n) is 1.27. The second-order valence-corrected chi connectivity index (χ2v) is 6.95. The first-order valence-corrected chi connectivity index (χ1v) is 7.87. The molecule has 0 heterocycles. The number of nitrogens with two attached hydrogens (primary N) is 1. The van der Waals surface area contributed by atoms with Crippen molar-refractivity contribution >= 4 is 27.5 Å². The first-order valence-electron chi connectivity index (χ1n) is 5.10. The molecule has 1 amide bonds. The van der Waals surface area contributed by atoms with Crippen LogP contribution in [-0.2, 0) is 14.6 Å². The molecule has 2 N–H and O–H groups in total. The van der Waals surface area contributed by atoms with Crippen LogP contribution in [0.15, 0.2) is 34.1 Å². The van der Waals surface area contributed by atoms with Crippen molar-refractivity contribution in [2.45, 2.75) is 28.4 Å². The van der Waals surface area contributed by atoms with Gasteiger partial charge in [-0.1, -0.05) is 6.92 Å². The van der Waals surface area contributed by atoms with Crippen molar-refractivity contribution < 1.29 is 13.2 Å². The van der Waals surface area contributed by atoms with Gasteiger partial charge in [0.2, 0.25) is 5.91 Å². The quantitative estimate of drug-likeness (QED) is 0.824. The Kier molecular flexibility index (Phi) is 4.59. The Hall–Kier alpha value is -1.01. The lowest BCUT2D eigenvalue weighted by Crippen LogP contribution is -2.24. The Labute approximate surface area is 106 Å². The summed E-state index contributed by atoms with van der Waals surface area (Å²) >= 11 is 1.35. The molecule has 1 atom stereocenters. The number of carbonyl (C=O) groups is 1. The van der Waals surface area contributed by atoms with Gasteiger partial charge in [0.05, 0.1) is 10.1 Å². The third kappa shape index (κ3) is 4.05. The molecule has 4 nitrogen and oxygen atoms in total. The van der Waals surface area contributed by atoms with Crippen LogP contribution in [0.1, 0.15) is 13.3 Å². The molecule has 1 aromatic carbocycles. The summed E-state index contributed by atoms with van der Waals surface area (Å²) < 4.78 is 22.5. The lowest BCUT2D eigenvalue weighted by Gasteiger charge is -2.10. The minimum Gasteiger partial charge on any atom is -0.369 e. The van der Waals surface area contributed by atoms with Gasteiger partial charge in [0, 0.05) is 11.2 Å². The number of hydrogen-bond donors (Lipinski definition) is 1. The van der Waals surface area contributed by atoms with Gasteiger partial charge in [0.25, 0.3) is 0 Å². The van der Waals surface area contributed by atoms with Gasteiger partial charge in [-0.2, -0.15) is 0 Å². The molecule has 1 rings (SSSR count). The average Bonchev–Trinajstić information content (AvgIpc) is 2.25. The van der Waals surface area contributed by atoms with Crippen LogP contribution in [0.2, 0.25) is 0 Å². The topological polar surface area (TPSA) is 77.2 Å². The predicted octanol–water partition coefficient (Wildman–Crippen LogP) is 1.45. The van der Waals surface area contributed by atoms with Crippen LogP contribution in [0.25, 0.3) is 0 Å². The van der Waals surface area contributed by atoms with Crippen LogP contribution in [-0.4, -0.2) is 25.8 Å². The van der Waals surface area contributed by atoms with E-state index in [4.69, 9.17) is 5.73 Å². The number of primary amides is 1. The monoisotopic (exact) mass is 273 g/mol. The number of rotatable bonds is 5. The summed E-state index contributed by atoms with van der Waals surface area (Å²) in [5, 5.41) is -0.279. The van der Waals surface area contributed by atoms with Gasteiger partial charge in [-0.15, -0.1) is 11.8 Å². The molecule has 17 heavy (non-hydrogen) atoms. The van der Waals surface area contributed by atoms with Crippen molar-refractivity contribution in [3.8, 4) is 0 Å². The van der Waals surface area contributed by atoms with E-state index in [1.807, 2.05) is 6.92 Å². The van der Waals surface area contributed by atoms with Crippen molar-refractivity contribution in [2.75, 3.05) is 6.26 Å². The Balaban J connectivity index is 2.85. The van der Waals surface area contributed by atoms with Crippen molar-refractivity contribution in [2.24, 2.45) is 5.73 Å². The molecule has 0 saturated carbocycles. The molecule has 0 saturated heterocycles. The summed E-state index contributed by atoms with van der Waals surface area (Å²) in [4.78, 5) is 12.2. The van der Waals surface area contributed by atoms with Gasteiger partial charge in [-0.25, -0.2) is 8.42 Å². The van der Waals surface area contributed by atoms with Crippen molar-refractivity contribution in [3.63, 3.8) is 0 Å². The summed E-state index contributed by atoms with van der Waals surface area (Å²) in [6, 6.07) is 6.44. The van der Waals surface area contributed by atoms with E-state index in [-0.39, 0.29) is 16.1 Å².